The summed E-state index contributed by atoms with van der Waals surface area (Å²) in [5.41, 5.74) is 0. The molecule has 3 saturated heterocycles. The van der Waals surface area contributed by atoms with Crippen molar-refractivity contribution in [1.29, 1.82) is 0 Å². The SMILES string of the molecule is CCOC(=O)[C@@H]1[C@H]2C(=O)N([C@@H](CO)C(C)C)C(C(=O)NC3CCCCC3)C23CC[C@H]1S3. The normalized spacial score (nSPS) is 36.0. The Hall–Kier alpha value is -1.28. The monoisotopic (exact) mass is 452 g/mol. The van der Waals surface area contributed by atoms with E-state index in [0.29, 0.717) is 0 Å². The fourth-order valence-electron chi connectivity index (χ4n) is 6.40. The molecule has 1 aliphatic carbocycles. The quantitative estimate of drug-likeness (QED) is 0.575. The van der Waals surface area contributed by atoms with Crippen LogP contribution in [0, 0.1) is 17.8 Å². The molecule has 8 heteroatoms. The van der Waals surface area contributed by atoms with Crippen molar-refractivity contribution in [1.82, 2.24) is 10.2 Å². The maximum absolute atomic E-state index is 13.8. The van der Waals surface area contributed by atoms with Crippen LogP contribution in [0.1, 0.15) is 65.7 Å². The molecule has 0 radical (unpaired) electrons. The fourth-order valence-corrected chi connectivity index (χ4v) is 8.59. The first-order valence-electron chi connectivity index (χ1n) is 11.9. The Morgan fingerprint density at radius 3 is 2.58 bits per heavy atom. The molecule has 1 saturated carbocycles. The van der Waals surface area contributed by atoms with Gasteiger partial charge in [-0.2, -0.15) is 0 Å². The van der Waals surface area contributed by atoms with E-state index in [-0.39, 0.29) is 48.2 Å². The highest BCUT2D eigenvalue weighted by atomic mass is 32.2. The van der Waals surface area contributed by atoms with E-state index in [1.54, 1.807) is 23.6 Å². The van der Waals surface area contributed by atoms with E-state index in [9.17, 15) is 19.5 Å². The summed E-state index contributed by atoms with van der Waals surface area (Å²) in [5, 5.41) is 13.4. The lowest BCUT2D eigenvalue weighted by Gasteiger charge is -2.39. The van der Waals surface area contributed by atoms with Crippen molar-refractivity contribution in [3.05, 3.63) is 0 Å². The van der Waals surface area contributed by atoms with Gasteiger partial charge in [-0.15, -0.1) is 11.8 Å². The number of amides is 2. The Morgan fingerprint density at radius 2 is 1.97 bits per heavy atom. The summed E-state index contributed by atoms with van der Waals surface area (Å²) in [6.45, 7) is 5.78. The van der Waals surface area contributed by atoms with Crippen LogP contribution in [0.25, 0.3) is 0 Å². The highest BCUT2D eigenvalue weighted by molar-refractivity contribution is 8.02. The fraction of sp³-hybridized carbons (Fsp3) is 0.870. The molecule has 2 unspecified atom stereocenters. The van der Waals surface area contributed by atoms with Gasteiger partial charge in [0.25, 0.3) is 0 Å². The molecule has 0 aromatic rings. The van der Waals surface area contributed by atoms with Gasteiger partial charge in [0.15, 0.2) is 0 Å². The van der Waals surface area contributed by atoms with Gasteiger partial charge in [0, 0.05) is 11.3 Å². The number of aliphatic hydroxyl groups is 1. The third-order valence-electron chi connectivity index (χ3n) is 7.81. The number of fused-ring (bicyclic) bond motifs is 1. The Labute approximate surface area is 189 Å². The maximum atomic E-state index is 13.8. The first-order valence-corrected chi connectivity index (χ1v) is 12.8. The Bertz CT molecular complexity index is 725. The first kappa shape index (κ1) is 22.9. The number of carbonyl (C=O) groups excluding carboxylic acids is 3. The van der Waals surface area contributed by atoms with Crippen LogP contribution in [0.4, 0.5) is 0 Å². The van der Waals surface area contributed by atoms with E-state index in [4.69, 9.17) is 4.74 Å². The highest BCUT2D eigenvalue weighted by Gasteiger charge is 2.74. The van der Waals surface area contributed by atoms with Gasteiger partial charge in [-0.3, -0.25) is 14.4 Å². The molecule has 2 N–H and O–H groups in total. The van der Waals surface area contributed by atoms with Crippen molar-refractivity contribution in [3.63, 3.8) is 0 Å². The molecular formula is C23H36N2O5S. The van der Waals surface area contributed by atoms with Crippen LogP contribution in [-0.2, 0) is 19.1 Å². The van der Waals surface area contributed by atoms with Crippen LogP contribution < -0.4 is 5.32 Å². The summed E-state index contributed by atoms with van der Waals surface area (Å²) in [6.07, 6.45) is 6.91. The molecule has 7 nitrogen and oxygen atoms in total. The number of thioether (sulfide) groups is 1. The number of esters is 1. The second-order valence-corrected chi connectivity index (χ2v) is 11.5. The summed E-state index contributed by atoms with van der Waals surface area (Å²) >= 11 is 1.65. The van der Waals surface area contributed by atoms with E-state index in [0.717, 1.165) is 38.5 Å². The van der Waals surface area contributed by atoms with Crippen molar-refractivity contribution in [2.75, 3.05) is 13.2 Å². The summed E-state index contributed by atoms with van der Waals surface area (Å²) in [7, 11) is 0. The predicted octanol–water partition coefficient (Wildman–Crippen LogP) is 2.11. The number of likely N-dealkylation sites (tertiary alicyclic amines) is 1. The van der Waals surface area contributed by atoms with Crippen molar-refractivity contribution in [3.8, 4) is 0 Å². The van der Waals surface area contributed by atoms with Gasteiger partial charge in [0.1, 0.15) is 6.04 Å². The van der Waals surface area contributed by atoms with Crippen LogP contribution in [0.15, 0.2) is 0 Å². The van der Waals surface area contributed by atoms with Gasteiger partial charge < -0.3 is 20.1 Å². The van der Waals surface area contributed by atoms with Crippen LogP contribution in [0.5, 0.6) is 0 Å². The highest BCUT2D eigenvalue weighted by Crippen LogP contribution is 2.66. The predicted molar refractivity (Wildman–Crippen MR) is 118 cm³/mol. The Morgan fingerprint density at radius 1 is 1.26 bits per heavy atom. The minimum Gasteiger partial charge on any atom is -0.466 e. The third kappa shape index (κ3) is 3.67. The number of aliphatic hydroxyl groups excluding tert-OH is 1. The van der Waals surface area contributed by atoms with Crippen molar-refractivity contribution in [2.45, 2.75) is 93.8 Å². The Balaban J connectivity index is 1.70. The first-order chi connectivity index (χ1) is 14.9. The number of nitrogens with zero attached hydrogens (tertiary/aromatic N) is 1. The molecule has 2 bridgehead atoms. The second-order valence-electron chi connectivity index (χ2n) is 9.89. The van der Waals surface area contributed by atoms with Gasteiger partial charge in [0.05, 0.1) is 35.8 Å². The number of carbonyl (C=O) groups is 3. The molecule has 2 amide bonds. The molecule has 4 rings (SSSR count). The minimum absolute atomic E-state index is 0.00241. The summed E-state index contributed by atoms with van der Waals surface area (Å²) in [6, 6.07) is -0.956. The number of rotatable bonds is 7. The average Bonchev–Trinajstić information content (AvgIpc) is 3.37. The number of hydrogen-bond donors (Lipinski definition) is 2. The molecule has 3 heterocycles. The van der Waals surface area contributed by atoms with E-state index in [1.807, 2.05) is 13.8 Å². The molecule has 0 aromatic heterocycles. The zero-order valence-electron chi connectivity index (χ0n) is 18.8. The van der Waals surface area contributed by atoms with Gasteiger partial charge >= 0.3 is 5.97 Å². The average molecular weight is 453 g/mol. The smallest absolute Gasteiger partial charge is 0.310 e. The lowest BCUT2D eigenvalue weighted by molar-refractivity contribution is -0.154. The lowest BCUT2D eigenvalue weighted by Crippen LogP contribution is -2.59. The van der Waals surface area contributed by atoms with Crippen LogP contribution >= 0.6 is 11.8 Å². The Kier molecular flexibility index (Phi) is 6.59. The molecule has 4 aliphatic rings. The molecule has 31 heavy (non-hydrogen) atoms. The number of ether oxygens (including phenoxy) is 1. The molecule has 3 aliphatic heterocycles. The van der Waals surface area contributed by atoms with Crippen molar-refractivity contribution < 1.29 is 24.2 Å². The summed E-state index contributed by atoms with van der Waals surface area (Å²) in [4.78, 5) is 42.0. The largest absolute Gasteiger partial charge is 0.466 e. The van der Waals surface area contributed by atoms with E-state index >= 15 is 0 Å². The van der Waals surface area contributed by atoms with Crippen LogP contribution in [0.3, 0.4) is 0 Å². The molecule has 4 fully saturated rings. The molecule has 6 atom stereocenters. The van der Waals surface area contributed by atoms with Crippen LogP contribution in [-0.4, -0.2) is 69.1 Å². The van der Waals surface area contributed by atoms with Gasteiger partial charge in [-0.1, -0.05) is 33.1 Å². The third-order valence-corrected chi connectivity index (χ3v) is 9.76. The van der Waals surface area contributed by atoms with E-state index < -0.39 is 28.7 Å². The van der Waals surface area contributed by atoms with Gasteiger partial charge in [-0.25, -0.2) is 0 Å². The topological polar surface area (TPSA) is 95.9 Å². The molecular weight excluding hydrogens is 416 g/mol. The molecule has 0 aromatic carbocycles. The maximum Gasteiger partial charge on any atom is 0.310 e. The van der Waals surface area contributed by atoms with Gasteiger partial charge in [0.2, 0.25) is 11.8 Å². The zero-order chi connectivity index (χ0) is 22.3. The molecule has 1 spiro atoms. The summed E-state index contributed by atoms with van der Waals surface area (Å²) in [5.74, 6) is -1.66. The number of nitrogens with one attached hydrogen (secondary N) is 1. The van der Waals surface area contributed by atoms with Crippen molar-refractivity contribution in [2.24, 2.45) is 17.8 Å². The minimum atomic E-state index is -0.652. The number of hydrogen-bond acceptors (Lipinski definition) is 6. The van der Waals surface area contributed by atoms with Crippen LogP contribution in [0.2, 0.25) is 0 Å². The zero-order valence-corrected chi connectivity index (χ0v) is 19.7. The summed E-state index contributed by atoms with van der Waals surface area (Å²) < 4.78 is 4.73. The van der Waals surface area contributed by atoms with Gasteiger partial charge in [-0.05, 0) is 38.5 Å². The van der Waals surface area contributed by atoms with Crippen molar-refractivity contribution >= 4 is 29.5 Å². The van der Waals surface area contributed by atoms with E-state index in [1.165, 1.54) is 6.42 Å². The second kappa shape index (κ2) is 8.93. The lowest BCUT2D eigenvalue weighted by atomic mass is 9.71. The van der Waals surface area contributed by atoms with E-state index in [2.05, 4.69) is 5.32 Å². The molecule has 174 valence electrons. The standard InChI is InChI=1S/C23H36N2O5S/c1-4-30-22(29)17-16-10-11-23(31-16)18(17)21(28)25(15(12-26)13(2)3)19(23)20(27)24-14-8-6-5-7-9-14/h13-19,26H,4-12H2,1-3H3,(H,24,27)/t15-,16+,17-,18-,19?,23?/m0/s1.